The molecule has 2 aromatic rings. The number of carbonyl (C=O) groups excluding carboxylic acids is 1. The highest BCUT2D eigenvalue weighted by Gasteiger charge is 2.13. The average molecular weight is 368 g/mol. The van der Waals surface area contributed by atoms with Crippen LogP contribution in [0.5, 0.6) is 0 Å². The van der Waals surface area contributed by atoms with Crippen molar-refractivity contribution in [2.45, 2.75) is 24.3 Å². The lowest BCUT2D eigenvalue weighted by Gasteiger charge is -2.08. The van der Waals surface area contributed by atoms with Crippen LogP contribution in [0.2, 0.25) is 0 Å². The molecule has 1 amide bonds. The number of sulfonamides is 1. The number of carbonyl (C=O) groups is 1. The van der Waals surface area contributed by atoms with Gasteiger partial charge in [0.05, 0.1) is 4.90 Å². The number of amides is 1. The summed E-state index contributed by atoms with van der Waals surface area (Å²) in [4.78, 5) is 11.7. The molecule has 2 N–H and O–H groups in total. The van der Waals surface area contributed by atoms with Crippen molar-refractivity contribution in [3.05, 3.63) is 65.7 Å². The zero-order valence-corrected chi connectivity index (χ0v) is 14.2. The largest absolute Gasteiger partial charge is 0.352 e. The molecule has 8 heteroatoms. The predicted octanol–water partition coefficient (Wildman–Crippen LogP) is 2.34. The number of hydrogen-bond acceptors (Lipinski definition) is 3. The topological polar surface area (TPSA) is 75.3 Å². The second-order valence-electron chi connectivity index (χ2n) is 5.36. The summed E-state index contributed by atoms with van der Waals surface area (Å²) in [5.74, 6) is -1.09. The molecule has 5 nitrogen and oxygen atoms in total. The van der Waals surface area contributed by atoms with Crippen LogP contribution >= 0.6 is 0 Å². The van der Waals surface area contributed by atoms with Gasteiger partial charge in [0.15, 0.2) is 0 Å². The fourth-order valence-electron chi connectivity index (χ4n) is 2.04. The van der Waals surface area contributed by atoms with Crippen LogP contribution in [-0.2, 0) is 21.4 Å². The van der Waals surface area contributed by atoms with Gasteiger partial charge in [-0.25, -0.2) is 21.9 Å². The first-order valence-electron chi connectivity index (χ1n) is 7.63. The maximum Gasteiger partial charge on any atom is 0.240 e. The molecular weight excluding hydrogens is 350 g/mol. The van der Waals surface area contributed by atoms with Crippen molar-refractivity contribution in [1.82, 2.24) is 10.0 Å². The average Bonchev–Trinajstić information content (AvgIpc) is 2.59. The summed E-state index contributed by atoms with van der Waals surface area (Å²) < 4.78 is 51.9. The second-order valence-corrected chi connectivity index (χ2v) is 7.13. The summed E-state index contributed by atoms with van der Waals surface area (Å²) in [6.07, 6.45) is 0.461. The Morgan fingerprint density at radius 1 is 0.920 bits per heavy atom. The zero-order chi connectivity index (χ0) is 18.3. The number of rotatable bonds is 8. The maximum absolute atomic E-state index is 12.8. The highest BCUT2D eigenvalue weighted by molar-refractivity contribution is 7.89. The van der Waals surface area contributed by atoms with Crippen molar-refractivity contribution < 1.29 is 22.0 Å². The third-order valence-corrected chi connectivity index (χ3v) is 4.88. The van der Waals surface area contributed by atoms with E-state index in [2.05, 4.69) is 10.0 Å². The van der Waals surface area contributed by atoms with E-state index in [1.807, 2.05) is 0 Å². The summed E-state index contributed by atoms with van der Waals surface area (Å²) in [7, 11) is -3.72. The Labute approximate surface area is 145 Å². The van der Waals surface area contributed by atoms with Crippen LogP contribution in [0.4, 0.5) is 8.78 Å². The molecule has 25 heavy (non-hydrogen) atoms. The summed E-state index contributed by atoms with van der Waals surface area (Å²) in [5, 5.41) is 2.67. The first-order valence-corrected chi connectivity index (χ1v) is 9.11. The lowest BCUT2D eigenvalue weighted by Crippen LogP contribution is -2.27. The molecule has 0 aliphatic carbocycles. The molecule has 0 aromatic heterocycles. The van der Waals surface area contributed by atoms with Gasteiger partial charge < -0.3 is 5.32 Å². The minimum Gasteiger partial charge on any atom is -0.352 e. The van der Waals surface area contributed by atoms with Gasteiger partial charge >= 0.3 is 0 Å². The van der Waals surface area contributed by atoms with E-state index < -0.39 is 15.8 Å². The van der Waals surface area contributed by atoms with Crippen LogP contribution in [0.15, 0.2) is 53.4 Å². The zero-order valence-electron chi connectivity index (χ0n) is 13.3. The minimum atomic E-state index is -3.72. The van der Waals surface area contributed by atoms with Crippen molar-refractivity contribution in [1.29, 1.82) is 0 Å². The van der Waals surface area contributed by atoms with Gasteiger partial charge in [-0.1, -0.05) is 12.1 Å². The Kier molecular flexibility index (Phi) is 6.60. The fourth-order valence-corrected chi connectivity index (χ4v) is 3.12. The van der Waals surface area contributed by atoms with Gasteiger partial charge in [-0.3, -0.25) is 4.79 Å². The summed E-state index contributed by atoms with van der Waals surface area (Å²) >= 11 is 0. The van der Waals surface area contributed by atoms with Crippen molar-refractivity contribution in [2.24, 2.45) is 0 Å². The lowest BCUT2D eigenvalue weighted by atomic mass is 10.2. The van der Waals surface area contributed by atoms with Crippen LogP contribution < -0.4 is 10.0 Å². The van der Waals surface area contributed by atoms with Gasteiger partial charge in [0.1, 0.15) is 11.6 Å². The van der Waals surface area contributed by atoms with Gasteiger partial charge in [0, 0.05) is 19.5 Å². The van der Waals surface area contributed by atoms with E-state index in [0.717, 1.165) is 17.7 Å². The highest BCUT2D eigenvalue weighted by atomic mass is 32.2. The number of halogens is 2. The van der Waals surface area contributed by atoms with E-state index in [9.17, 15) is 22.0 Å². The molecule has 134 valence electrons. The Morgan fingerprint density at radius 2 is 1.48 bits per heavy atom. The maximum atomic E-state index is 12.8. The SMILES string of the molecule is O=C(CCCNS(=O)(=O)c1ccc(F)cc1)NCc1ccc(F)cc1. The lowest BCUT2D eigenvalue weighted by molar-refractivity contribution is -0.121. The Hall–Kier alpha value is -2.32. The predicted molar refractivity (Wildman–Crippen MR) is 89.1 cm³/mol. The highest BCUT2D eigenvalue weighted by Crippen LogP contribution is 2.09. The monoisotopic (exact) mass is 368 g/mol. The molecule has 2 rings (SSSR count). The van der Waals surface area contributed by atoms with Crippen LogP contribution in [0.25, 0.3) is 0 Å². The van der Waals surface area contributed by atoms with Crippen molar-refractivity contribution in [2.75, 3.05) is 6.54 Å². The van der Waals surface area contributed by atoms with Crippen molar-refractivity contribution in [3.8, 4) is 0 Å². The standard InChI is InChI=1S/C17H18F2N2O3S/c18-14-5-3-13(4-6-14)12-20-17(22)2-1-11-21-25(23,24)16-9-7-15(19)8-10-16/h3-10,21H,1-2,11-12H2,(H,20,22). The first kappa shape index (κ1) is 19.0. The number of nitrogens with one attached hydrogen (secondary N) is 2. The van der Waals surface area contributed by atoms with E-state index in [4.69, 9.17) is 0 Å². The number of benzene rings is 2. The van der Waals surface area contributed by atoms with Gasteiger partial charge in [0.2, 0.25) is 15.9 Å². The fraction of sp³-hybridized carbons (Fsp3) is 0.235. The molecule has 0 bridgehead atoms. The van der Waals surface area contributed by atoms with Gasteiger partial charge in [0.25, 0.3) is 0 Å². The summed E-state index contributed by atoms with van der Waals surface area (Å²) in [5.41, 5.74) is 0.770. The third kappa shape index (κ3) is 6.24. The van der Waals surface area contributed by atoms with Crippen LogP contribution in [0.1, 0.15) is 18.4 Å². The molecule has 0 fully saturated rings. The van der Waals surface area contributed by atoms with Crippen LogP contribution in [0, 0.1) is 11.6 Å². The van der Waals surface area contributed by atoms with Gasteiger partial charge in [-0.05, 0) is 48.4 Å². The molecule has 0 aliphatic rings. The molecule has 0 heterocycles. The van der Waals surface area contributed by atoms with E-state index in [1.54, 1.807) is 12.1 Å². The summed E-state index contributed by atoms with van der Waals surface area (Å²) in [6, 6.07) is 10.3. The van der Waals surface area contributed by atoms with Crippen LogP contribution in [-0.4, -0.2) is 20.9 Å². The van der Waals surface area contributed by atoms with Gasteiger partial charge in [-0.2, -0.15) is 0 Å². The Balaban J connectivity index is 1.70. The van der Waals surface area contributed by atoms with E-state index in [1.165, 1.54) is 24.3 Å². The third-order valence-electron chi connectivity index (χ3n) is 3.40. The van der Waals surface area contributed by atoms with E-state index >= 15 is 0 Å². The molecule has 0 unspecified atom stereocenters. The first-order chi connectivity index (χ1) is 11.9. The molecule has 0 aliphatic heterocycles. The number of hydrogen-bond donors (Lipinski definition) is 2. The molecule has 0 atom stereocenters. The Bertz CT molecular complexity index is 807. The molecule has 0 spiro atoms. The normalized spacial score (nSPS) is 11.3. The molecule has 0 saturated heterocycles. The van der Waals surface area contributed by atoms with Crippen molar-refractivity contribution >= 4 is 15.9 Å². The van der Waals surface area contributed by atoms with E-state index in [-0.39, 0.29) is 36.1 Å². The van der Waals surface area contributed by atoms with Crippen molar-refractivity contribution in [3.63, 3.8) is 0 Å². The summed E-state index contributed by atoms with van der Waals surface area (Å²) in [6.45, 7) is 0.365. The van der Waals surface area contributed by atoms with Gasteiger partial charge in [-0.15, -0.1) is 0 Å². The van der Waals surface area contributed by atoms with Crippen LogP contribution in [0.3, 0.4) is 0 Å². The molecule has 0 radical (unpaired) electrons. The minimum absolute atomic E-state index is 0.0327. The smallest absolute Gasteiger partial charge is 0.240 e. The van der Waals surface area contributed by atoms with E-state index in [0.29, 0.717) is 6.42 Å². The quantitative estimate of drug-likeness (QED) is 0.703. The molecular formula is C17H18F2N2O3S. The Morgan fingerprint density at radius 3 is 2.08 bits per heavy atom. The second kappa shape index (κ2) is 8.68. The molecule has 2 aromatic carbocycles. The molecule has 0 saturated carbocycles.